The molecule has 25 heavy (non-hydrogen) atoms. The second-order valence-corrected chi connectivity index (χ2v) is 5.68. The maximum Gasteiger partial charge on any atom is 0.271 e. The van der Waals surface area contributed by atoms with Crippen LogP contribution in [0.2, 0.25) is 0 Å². The van der Waals surface area contributed by atoms with Gasteiger partial charge in [0.2, 0.25) is 0 Å². The fourth-order valence-corrected chi connectivity index (χ4v) is 2.49. The van der Waals surface area contributed by atoms with Gasteiger partial charge >= 0.3 is 0 Å². The third kappa shape index (κ3) is 4.42. The van der Waals surface area contributed by atoms with E-state index in [-0.39, 0.29) is 5.75 Å². The van der Waals surface area contributed by atoms with Crippen LogP contribution in [0.4, 0.5) is 0 Å². The zero-order valence-electron chi connectivity index (χ0n) is 13.9. The Morgan fingerprint density at radius 3 is 2.40 bits per heavy atom. The molecule has 1 amide bonds. The van der Waals surface area contributed by atoms with E-state index in [0.717, 1.165) is 0 Å². The summed E-state index contributed by atoms with van der Waals surface area (Å²) in [5, 5.41) is 13.7. The zero-order valence-corrected chi connectivity index (χ0v) is 15.5. The predicted molar refractivity (Wildman–Crippen MR) is 97.0 cm³/mol. The lowest BCUT2D eigenvalue weighted by molar-refractivity contribution is 0.0954. The van der Waals surface area contributed by atoms with Crippen LogP contribution in [0.1, 0.15) is 15.9 Å². The molecular weight excluding hydrogens is 392 g/mol. The summed E-state index contributed by atoms with van der Waals surface area (Å²) in [7, 11) is 4.46. The van der Waals surface area contributed by atoms with E-state index >= 15 is 0 Å². The van der Waals surface area contributed by atoms with Crippen molar-refractivity contribution in [2.75, 3.05) is 21.3 Å². The van der Waals surface area contributed by atoms with E-state index in [1.165, 1.54) is 27.5 Å². The molecule has 0 saturated carbocycles. The van der Waals surface area contributed by atoms with Gasteiger partial charge < -0.3 is 19.3 Å². The highest BCUT2D eigenvalue weighted by Gasteiger charge is 2.10. The third-order valence-corrected chi connectivity index (χ3v) is 3.90. The largest absolute Gasteiger partial charge is 0.503 e. The van der Waals surface area contributed by atoms with Crippen LogP contribution in [0.3, 0.4) is 0 Å². The van der Waals surface area contributed by atoms with Crippen LogP contribution in [0, 0.1) is 0 Å². The number of hydrogen-bond acceptors (Lipinski definition) is 6. The normalized spacial score (nSPS) is 10.6. The number of phenolic OH excluding ortho intramolecular Hbond substituents is 1. The van der Waals surface area contributed by atoms with Crippen molar-refractivity contribution in [2.24, 2.45) is 5.10 Å². The van der Waals surface area contributed by atoms with Crippen molar-refractivity contribution in [2.45, 2.75) is 0 Å². The monoisotopic (exact) mass is 408 g/mol. The van der Waals surface area contributed by atoms with Gasteiger partial charge in [0.05, 0.1) is 32.0 Å². The molecule has 2 aromatic carbocycles. The number of carbonyl (C=O) groups is 1. The molecule has 0 fully saturated rings. The summed E-state index contributed by atoms with van der Waals surface area (Å²) in [6.07, 6.45) is 1.44. The lowest BCUT2D eigenvalue weighted by Crippen LogP contribution is -2.17. The number of carbonyl (C=O) groups excluding carboxylic acids is 1. The van der Waals surface area contributed by atoms with Gasteiger partial charge in [0.1, 0.15) is 0 Å². The average molecular weight is 409 g/mol. The van der Waals surface area contributed by atoms with Gasteiger partial charge in [-0.1, -0.05) is 0 Å². The zero-order chi connectivity index (χ0) is 18.4. The molecule has 0 heterocycles. The second-order valence-electron chi connectivity index (χ2n) is 4.82. The van der Waals surface area contributed by atoms with Gasteiger partial charge in [-0.25, -0.2) is 5.43 Å². The van der Waals surface area contributed by atoms with Crippen LogP contribution in [0.15, 0.2) is 39.9 Å². The molecule has 0 spiro atoms. The SMILES string of the molecule is COc1ccc(C(=O)NN=Cc2cc(Br)c(O)c(OC)c2)cc1OC. The maximum atomic E-state index is 12.2. The highest BCUT2D eigenvalue weighted by Crippen LogP contribution is 2.34. The third-order valence-electron chi connectivity index (χ3n) is 3.30. The summed E-state index contributed by atoms with van der Waals surface area (Å²) >= 11 is 3.22. The molecule has 0 aliphatic rings. The number of benzene rings is 2. The molecule has 7 nitrogen and oxygen atoms in total. The maximum absolute atomic E-state index is 12.2. The smallest absolute Gasteiger partial charge is 0.271 e. The van der Waals surface area contributed by atoms with Gasteiger partial charge in [0, 0.05) is 5.56 Å². The van der Waals surface area contributed by atoms with Crippen LogP contribution in [0.5, 0.6) is 23.0 Å². The Morgan fingerprint density at radius 2 is 1.76 bits per heavy atom. The molecule has 2 aromatic rings. The van der Waals surface area contributed by atoms with E-state index in [9.17, 15) is 9.90 Å². The van der Waals surface area contributed by atoms with Crippen LogP contribution >= 0.6 is 15.9 Å². The van der Waals surface area contributed by atoms with E-state index in [2.05, 4.69) is 26.5 Å². The minimum Gasteiger partial charge on any atom is -0.503 e. The number of halogens is 1. The highest BCUT2D eigenvalue weighted by atomic mass is 79.9. The molecule has 2 rings (SSSR count). The summed E-state index contributed by atoms with van der Waals surface area (Å²) in [6, 6.07) is 8.03. The Balaban J connectivity index is 2.12. The van der Waals surface area contributed by atoms with E-state index < -0.39 is 5.91 Å². The van der Waals surface area contributed by atoms with Gasteiger partial charge in [-0.05, 0) is 51.8 Å². The van der Waals surface area contributed by atoms with Gasteiger partial charge in [-0.2, -0.15) is 5.10 Å². The number of ether oxygens (including phenoxy) is 3. The Kier molecular flexibility index (Phi) is 6.24. The Hall–Kier alpha value is -2.74. The number of nitrogens with zero attached hydrogens (tertiary/aromatic N) is 1. The minimum absolute atomic E-state index is 0.00554. The standard InChI is InChI=1S/C17H17BrN2O5/c1-23-13-5-4-11(8-14(13)24-2)17(22)20-19-9-10-6-12(18)16(21)15(7-10)25-3/h4-9,21H,1-3H3,(H,20,22). The molecule has 0 aliphatic carbocycles. The molecule has 0 unspecified atom stereocenters. The van der Waals surface area contributed by atoms with Crippen molar-refractivity contribution in [3.8, 4) is 23.0 Å². The van der Waals surface area contributed by atoms with Gasteiger partial charge in [-0.3, -0.25) is 4.79 Å². The van der Waals surface area contributed by atoms with Crippen LogP contribution in [0.25, 0.3) is 0 Å². The number of aromatic hydroxyl groups is 1. The number of amides is 1. The minimum atomic E-state index is -0.401. The Labute approximate surface area is 153 Å². The Bertz CT molecular complexity index is 808. The summed E-state index contributed by atoms with van der Waals surface area (Å²) in [4.78, 5) is 12.2. The highest BCUT2D eigenvalue weighted by molar-refractivity contribution is 9.10. The lowest BCUT2D eigenvalue weighted by atomic mass is 10.2. The van der Waals surface area contributed by atoms with Gasteiger partial charge in [-0.15, -0.1) is 0 Å². The molecule has 0 atom stereocenters. The summed E-state index contributed by atoms with van der Waals surface area (Å²) < 4.78 is 15.8. The topological polar surface area (TPSA) is 89.4 Å². The first kappa shape index (κ1) is 18.6. The summed E-state index contributed by atoms with van der Waals surface area (Å²) in [5.74, 6) is 0.869. The quantitative estimate of drug-likeness (QED) is 0.566. The fraction of sp³-hybridized carbons (Fsp3) is 0.176. The van der Waals surface area contributed by atoms with Crippen LogP contribution < -0.4 is 19.6 Å². The van der Waals surface area contributed by atoms with Crippen molar-refractivity contribution < 1.29 is 24.1 Å². The summed E-state index contributed by atoms with van der Waals surface area (Å²) in [5.41, 5.74) is 3.43. The fourth-order valence-electron chi connectivity index (χ4n) is 2.03. The first-order chi connectivity index (χ1) is 12.0. The molecule has 8 heteroatoms. The lowest BCUT2D eigenvalue weighted by Gasteiger charge is -2.08. The van der Waals surface area contributed by atoms with Crippen molar-refractivity contribution in [1.82, 2.24) is 5.43 Å². The van der Waals surface area contributed by atoms with Crippen LogP contribution in [-0.2, 0) is 0 Å². The number of methoxy groups -OCH3 is 3. The van der Waals surface area contributed by atoms with Crippen molar-refractivity contribution in [3.05, 3.63) is 45.9 Å². The molecule has 0 aromatic heterocycles. The second kappa shape index (κ2) is 8.39. The van der Waals surface area contributed by atoms with E-state index in [4.69, 9.17) is 14.2 Å². The molecule has 0 saturated heterocycles. The van der Waals surface area contributed by atoms with Crippen LogP contribution in [-0.4, -0.2) is 38.6 Å². The predicted octanol–water partition coefficient (Wildman–Crippen LogP) is 2.94. The molecule has 0 bridgehead atoms. The molecule has 2 N–H and O–H groups in total. The van der Waals surface area contributed by atoms with E-state index in [1.54, 1.807) is 30.3 Å². The number of hydrazone groups is 1. The number of rotatable bonds is 6. The molecule has 0 radical (unpaired) electrons. The Morgan fingerprint density at radius 1 is 1.08 bits per heavy atom. The number of hydrogen-bond donors (Lipinski definition) is 2. The van der Waals surface area contributed by atoms with Gasteiger partial charge in [0.15, 0.2) is 23.0 Å². The molecule has 132 valence electrons. The first-order valence-electron chi connectivity index (χ1n) is 7.12. The average Bonchev–Trinajstić information content (AvgIpc) is 2.63. The molecular formula is C17H17BrN2O5. The summed E-state index contributed by atoms with van der Waals surface area (Å²) in [6.45, 7) is 0. The first-order valence-corrected chi connectivity index (χ1v) is 7.91. The number of nitrogens with one attached hydrogen (secondary N) is 1. The van der Waals surface area contributed by atoms with Gasteiger partial charge in [0.25, 0.3) is 5.91 Å². The van der Waals surface area contributed by atoms with E-state index in [1.807, 2.05) is 0 Å². The van der Waals surface area contributed by atoms with Crippen molar-refractivity contribution >= 4 is 28.1 Å². The van der Waals surface area contributed by atoms with Crippen molar-refractivity contribution in [3.63, 3.8) is 0 Å². The molecule has 0 aliphatic heterocycles. The van der Waals surface area contributed by atoms with E-state index in [0.29, 0.717) is 32.8 Å². The number of phenols is 1. The van der Waals surface area contributed by atoms with Crippen molar-refractivity contribution in [1.29, 1.82) is 0 Å².